The van der Waals surface area contributed by atoms with E-state index in [0.717, 1.165) is 47.1 Å². The molecule has 2 fully saturated rings. The number of benzene rings is 3. The van der Waals surface area contributed by atoms with E-state index in [1.54, 1.807) is 12.1 Å². The Balaban J connectivity index is 1.17. The van der Waals surface area contributed by atoms with Crippen molar-refractivity contribution in [3.63, 3.8) is 0 Å². The number of rotatable bonds is 7. The fourth-order valence-electron chi connectivity index (χ4n) is 5.12. The molecule has 1 heterocycles. The van der Waals surface area contributed by atoms with Crippen molar-refractivity contribution in [3.05, 3.63) is 71.8 Å². The molecule has 1 aliphatic carbocycles. The Hall–Kier alpha value is -2.62. The molecule has 5 nitrogen and oxygen atoms in total. The standard InChI is InChI=1S/C28H31F3N2O3S/c29-28(30,31)24-9-5-21(6-10-24)13-14-32-15-17-33(18-16-32)37(34,35)27-12-8-22-19-26(11-7-23(22)20-27)36-25-3-1-2-4-25/h5-12,19-20,25H,1-4,13-18H2. The van der Waals surface area contributed by atoms with Crippen LogP contribution in [0.5, 0.6) is 5.75 Å². The lowest BCUT2D eigenvalue weighted by molar-refractivity contribution is -0.137. The number of alkyl halides is 3. The molecular weight excluding hydrogens is 501 g/mol. The topological polar surface area (TPSA) is 49.9 Å². The Morgan fingerprint density at radius 2 is 1.49 bits per heavy atom. The van der Waals surface area contributed by atoms with Gasteiger partial charge in [-0.25, -0.2) is 8.42 Å². The minimum absolute atomic E-state index is 0.269. The molecule has 1 saturated heterocycles. The Bertz CT molecular complexity index is 1330. The van der Waals surface area contributed by atoms with Gasteiger partial charge in [-0.3, -0.25) is 0 Å². The Morgan fingerprint density at radius 3 is 2.16 bits per heavy atom. The quantitative estimate of drug-likeness (QED) is 0.390. The summed E-state index contributed by atoms with van der Waals surface area (Å²) in [4.78, 5) is 2.43. The maximum absolute atomic E-state index is 13.3. The van der Waals surface area contributed by atoms with Crippen LogP contribution in [0, 0.1) is 0 Å². The zero-order valence-corrected chi connectivity index (χ0v) is 21.4. The SMILES string of the molecule is O=S(=O)(c1ccc2cc(OC3CCCC3)ccc2c1)N1CCN(CCc2ccc(C(F)(F)F)cc2)CC1. The number of ether oxygens (including phenoxy) is 1. The van der Waals surface area contributed by atoms with Crippen LogP contribution in [-0.4, -0.2) is 56.5 Å². The third-order valence-electron chi connectivity index (χ3n) is 7.36. The lowest BCUT2D eigenvalue weighted by atomic mass is 10.1. The number of sulfonamides is 1. The zero-order chi connectivity index (χ0) is 26.0. The van der Waals surface area contributed by atoms with Gasteiger partial charge in [-0.05, 0) is 84.8 Å². The summed E-state index contributed by atoms with van der Waals surface area (Å²) in [6, 6.07) is 16.2. The molecular formula is C28H31F3N2O3S. The van der Waals surface area contributed by atoms with Gasteiger partial charge in [0.2, 0.25) is 10.0 Å². The second-order valence-corrected chi connectivity index (χ2v) is 11.8. The predicted octanol–water partition coefficient (Wildman–Crippen LogP) is 5.73. The van der Waals surface area contributed by atoms with Crippen molar-refractivity contribution in [1.29, 1.82) is 0 Å². The largest absolute Gasteiger partial charge is 0.490 e. The van der Waals surface area contributed by atoms with Crippen LogP contribution in [0.25, 0.3) is 10.8 Å². The monoisotopic (exact) mass is 532 g/mol. The Morgan fingerprint density at radius 1 is 0.838 bits per heavy atom. The molecule has 3 aromatic carbocycles. The van der Waals surface area contributed by atoms with Gasteiger partial charge >= 0.3 is 6.18 Å². The van der Waals surface area contributed by atoms with Gasteiger partial charge in [-0.1, -0.05) is 24.3 Å². The van der Waals surface area contributed by atoms with Gasteiger partial charge in [0.25, 0.3) is 0 Å². The molecule has 0 N–H and O–H groups in total. The van der Waals surface area contributed by atoms with Crippen molar-refractivity contribution < 1.29 is 26.3 Å². The highest BCUT2D eigenvalue weighted by Crippen LogP contribution is 2.30. The first-order valence-electron chi connectivity index (χ1n) is 12.8. The maximum Gasteiger partial charge on any atom is 0.416 e. The summed E-state index contributed by atoms with van der Waals surface area (Å²) in [7, 11) is -3.62. The van der Waals surface area contributed by atoms with E-state index in [-0.39, 0.29) is 11.0 Å². The van der Waals surface area contributed by atoms with Crippen molar-refractivity contribution in [2.45, 2.75) is 49.3 Å². The average molecular weight is 533 g/mol. The number of fused-ring (bicyclic) bond motifs is 1. The Kier molecular flexibility index (Phi) is 7.47. The summed E-state index contributed by atoms with van der Waals surface area (Å²) in [5, 5.41) is 1.80. The van der Waals surface area contributed by atoms with Crippen LogP contribution in [0.4, 0.5) is 13.2 Å². The van der Waals surface area contributed by atoms with Gasteiger partial charge in [-0.15, -0.1) is 0 Å². The Labute approximate surface area is 215 Å². The van der Waals surface area contributed by atoms with E-state index < -0.39 is 21.8 Å². The van der Waals surface area contributed by atoms with Crippen molar-refractivity contribution in [3.8, 4) is 5.75 Å². The summed E-state index contributed by atoms with van der Waals surface area (Å²) in [6.45, 7) is 2.58. The highest BCUT2D eigenvalue weighted by Gasteiger charge is 2.30. The van der Waals surface area contributed by atoms with Crippen LogP contribution < -0.4 is 4.74 Å². The molecule has 0 atom stereocenters. The summed E-state index contributed by atoms with van der Waals surface area (Å²) in [6.07, 6.45) is 1.11. The van der Waals surface area contributed by atoms with E-state index in [0.29, 0.717) is 39.1 Å². The molecule has 3 aromatic rings. The molecule has 0 amide bonds. The minimum atomic E-state index is -4.34. The summed E-state index contributed by atoms with van der Waals surface area (Å²) < 4.78 is 72.5. The third kappa shape index (κ3) is 6.10. The first kappa shape index (κ1) is 26.0. The predicted molar refractivity (Wildman–Crippen MR) is 137 cm³/mol. The third-order valence-corrected chi connectivity index (χ3v) is 9.25. The van der Waals surface area contributed by atoms with Gasteiger partial charge in [0, 0.05) is 32.7 Å². The first-order valence-corrected chi connectivity index (χ1v) is 14.2. The van der Waals surface area contributed by atoms with Gasteiger partial charge in [0.05, 0.1) is 16.6 Å². The van der Waals surface area contributed by atoms with E-state index in [1.807, 2.05) is 24.3 Å². The second kappa shape index (κ2) is 10.6. The van der Waals surface area contributed by atoms with Crippen LogP contribution >= 0.6 is 0 Å². The van der Waals surface area contributed by atoms with E-state index >= 15 is 0 Å². The van der Waals surface area contributed by atoms with Gasteiger partial charge < -0.3 is 9.64 Å². The minimum Gasteiger partial charge on any atom is -0.490 e. The number of halogens is 3. The number of piperazine rings is 1. The van der Waals surface area contributed by atoms with E-state index in [4.69, 9.17) is 4.74 Å². The number of hydrogen-bond acceptors (Lipinski definition) is 4. The van der Waals surface area contributed by atoms with Crippen molar-refractivity contribution in [2.24, 2.45) is 0 Å². The number of nitrogens with zero attached hydrogens (tertiary/aromatic N) is 2. The fourth-order valence-corrected chi connectivity index (χ4v) is 6.58. The van der Waals surface area contributed by atoms with Crippen molar-refractivity contribution in [1.82, 2.24) is 9.21 Å². The summed E-state index contributed by atoms with van der Waals surface area (Å²) in [5.74, 6) is 0.822. The molecule has 198 valence electrons. The molecule has 0 bridgehead atoms. The smallest absolute Gasteiger partial charge is 0.416 e. The second-order valence-electron chi connectivity index (χ2n) is 9.89. The van der Waals surface area contributed by atoms with Gasteiger partial charge in [0.15, 0.2) is 0 Å². The van der Waals surface area contributed by atoms with Crippen LogP contribution in [0.15, 0.2) is 65.6 Å². The fraction of sp³-hybridized carbons (Fsp3) is 0.429. The zero-order valence-electron chi connectivity index (χ0n) is 20.6. The molecule has 0 radical (unpaired) electrons. The van der Waals surface area contributed by atoms with Crippen LogP contribution in [-0.2, 0) is 22.6 Å². The van der Waals surface area contributed by atoms with E-state index in [9.17, 15) is 21.6 Å². The molecule has 2 aliphatic rings. The lowest BCUT2D eigenvalue weighted by Gasteiger charge is -2.34. The molecule has 0 spiro atoms. The van der Waals surface area contributed by atoms with Crippen LogP contribution in [0.3, 0.4) is 0 Å². The molecule has 1 aliphatic heterocycles. The molecule has 1 saturated carbocycles. The molecule has 37 heavy (non-hydrogen) atoms. The summed E-state index contributed by atoms with van der Waals surface area (Å²) in [5.41, 5.74) is 0.178. The van der Waals surface area contributed by atoms with Crippen molar-refractivity contribution in [2.75, 3.05) is 32.7 Å². The summed E-state index contributed by atoms with van der Waals surface area (Å²) >= 11 is 0. The van der Waals surface area contributed by atoms with E-state index in [2.05, 4.69) is 4.90 Å². The highest BCUT2D eigenvalue weighted by atomic mass is 32.2. The molecule has 5 rings (SSSR count). The van der Waals surface area contributed by atoms with E-state index in [1.165, 1.54) is 29.3 Å². The van der Waals surface area contributed by atoms with Crippen LogP contribution in [0.1, 0.15) is 36.8 Å². The molecule has 0 unspecified atom stereocenters. The molecule has 9 heteroatoms. The van der Waals surface area contributed by atoms with Gasteiger partial charge in [-0.2, -0.15) is 17.5 Å². The van der Waals surface area contributed by atoms with Crippen molar-refractivity contribution >= 4 is 20.8 Å². The maximum atomic E-state index is 13.3. The molecule has 0 aromatic heterocycles. The normalized spacial score (nSPS) is 18.5. The number of hydrogen-bond donors (Lipinski definition) is 0. The lowest BCUT2D eigenvalue weighted by Crippen LogP contribution is -2.48. The van der Waals surface area contributed by atoms with Gasteiger partial charge in [0.1, 0.15) is 5.75 Å². The average Bonchev–Trinajstić information content (AvgIpc) is 3.40. The highest BCUT2D eigenvalue weighted by molar-refractivity contribution is 7.89. The first-order chi connectivity index (χ1) is 17.7. The van der Waals surface area contributed by atoms with Crippen LogP contribution in [0.2, 0.25) is 0 Å².